The second-order valence-corrected chi connectivity index (χ2v) is 7.36. The minimum Gasteiger partial charge on any atom is -0.481 e. The molecule has 5 nitrogen and oxygen atoms in total. The highest BCUT2D eigenvalue weighted by molar-refractivity contribution is 7.89. The van der Waals surface area contributed by atoms with Crippen molar-refractivity contribution < 1.29 is 18.3 Å². The van der Waals surface area contributed by atoms with Crippen LogP contribution < -0.4 is 4.72 Å². The quantitative estimate of drug-likeness (QED) is 0.788. The highest BCUT2D eigenvalue weighted by Gasteiger charge is 2.36. The van der Waals surface area contributed by atoms with Crippen LogP contribution in [0.2, 0.25) is 10.0 Å². The molecule has 0 saturated heterocycles. The lowest BCUT2D eigenvalue weighted by molar-refractivity contribution is -0.149. The Balaban J connectivity index is 3.03. The maximum Gasteiger partial charge on any atom is 0.310 e. The van der Waals surface area contributed by atoms with Gasteiger partial charge in [0.05, 0.1) is 10.3 Å². The summed E-state index contributed by atoms with van der Waals surface area (Å²) in [5, 5.41) is 9.69. The van der Waals surface area contributed by atoms with Gasteiger partial charge in [-0.2, -0.15) is 0 Å². The van der Waals surface area contributed by atoms with Crippen molar-refractivity contribution in [3.05, 3.63) is 28.2 Å². The van der Waals surface area contributed by atoms with E-state index in [0.717, 1.165) is 0 Å². The summed E-state index contributed by atoms with van der Waals surface area (Å²) in [6.45, 7) is 3.23. The van der Waals surface area contributed by atoms with Gasteiger partial charge in [0.2, 0.25) is 10.0 Å². The Kier molecular flexibility index (Phi) is 6.04. The van der Waals surface area contributed by atoms with Crippen molar-refractivity contribution in [1.82, 2.24) is 4.72 Å². The van der Waals surface area contributed by atoms with Gasteiger partial charge >= 0.3 is 5.97 Å². The first-order chi connectivity index (χ1) is 9.66. The lowest BCUT2D eigenvalue weighted by Gasteiger charge is -2.26. The van der Waals surface area contributed by atoms with Crippen LogP contribution in [0.5, 0.6) is 0 Å². The number of carboxylic acids is 1. The highest BCUT2D eigenvalue weighted by Crippen LogP contribution is 2.27. The molecule has 1 aromatic carbocycles. The Morgan fingerprint density at radius 1 is 1.19 bits per heavy atom. The van der Waals surface area contributed by atoms with Crippen molar-refractivity contribution in [3.8, 4) is 0 Å². The molecule has 118 valence electrons. The number of hydrogen-bond acceptors (Lipinski definition) is 3. The normalized spacial score (nSPS) is 12.4. The number of carboxylic acid groups (broad SMARTS) is 1. The minimum atomic E-state index is -3.87. The van der Waals surface area contributed by atoms with E-state index in [9.17, 15) is 18.3 Å². The summed E-state index contributed by atoms with van der Waals surface area (Å²) in [5.41, 5.74) is -1.13. The Morgan fingerprint density at radius 2 is 1.67 bits per heavy atom. The number of hydrogen-bond donors (Lipinski definition) is 2. The van der Waals surface area contributed by atoms with E-state index >= 15 is 0 Å². The second kappa shape index (κ2) is 6.96. The molecule has 0 aromatic heterocycles. The molecule has 0 aliphatic heterocycles. The molecule has 0 fully saturated rings. The number of nitrogens with one attached hydrogen (secondary N) is 1. The number of aliphatic carboxylic acids is 1. The van der Waals surface area contributed by atoms with Crippen molar-refractivity contribution in [3.63, 3.8) is 0 Å². The summed E-state index contributed by atoms with van der Waals surface area (Å²) in [6, 6.07) is 3.94. The van der Waals surface area contributed by atoms with Crippen LogP contribution >= 0.6 is 23.2 Å². The van der Waals surface area contributed by atoms with Crippen LogP contribution in [0.25, 0.3) is 0 Å². The largest absolute Gasteiger partial charge is 0.481 e. The highest BCUT2D eigenvalue weighted by atomic mass is 35.5. The first-order valence-corrected chi connectivity index (χ1v) is 8.60. The van der Waals surface area contributed by atoms with Crippen LogP contribution in [0.3, 0.4) is 0 Å². The molecule has 0 amide bonds. The molecule has 0 atom stereocenters. The topological polar surface area (TPSA) is 83.5 Å². The van der Waals surface area contributed by atoms with E-state index in [2.05, 4.69) is 4.72 Å². The lowest BCUT2D eigenvalue weighted by Crippen LogP contribution is -2.42. The van der Waals surface area contributed by atoms with E-state index < -0.39 is 21.4 Å². The molecule has 2 N–H and O–H groups in total. The van der Waals surface area contributed by atoms with Gasteiger partial charge < -0.3 is 5.11 Å². The molecule has 0 unspecified atom stereocenters. The smallest absolute Gasteiger partial charge is 0.310 e. The molecule has 0 bridgehead atoms. The molecule has 1 rings (SSSR count). The van der Waals surface area contributed by atoms with Crippen molar-refractivity contribution >= 4 is 39.2 Å². The molecule has 21 heavy (non-hydrogen) atoms. The first-order valence-electron chi connectivity index (χ1n) is 6.36. The van der Waals surface area contributed by atoms with E-state index in [1.807, 2.05) is 0 Å². The van der Waals surface area contributed by atoms with Gasteiger partial charge in [-0.05, 0) is 31.0 Å². The number of benzene rings is 1. The predicted molar refractivity (Wildman–Crippen MR) is 82.3 cm³/mol. The molecule has 0 radical (unpaired) electrons. The van der Waals surface area contributed by atoms with Crippen molar-refractivity contribution in [1.29, 1.82) is 0 Å². The van der Waals surface area contributed by atoms with Crippen LogP contribution in [-0.4, -0.2) is 26.0 Å². The Labute approximate surface area is 134 Å². The molecule has 0 spiro atoms. The SMILES string of the molecule is CCC(CC)(CNS(=O)(=O)c1cc(Cl)cc(Cl)c1)C(=O)O. The molecule has 0 saturated carbocycles. The lowest BCUT2D eigenvalue weighted by atomic mass is 9.83. The molecule has 0 aliphatic rings. The zero-order chi connectivity index (χ0) is 16.3. The van der Waals surface area contributed by atoms with Crippen LogP contribution in [0, 0.1) is 5.41 Å². The minimum absolute atomic E-state index is 0.0912. The molecule has 0 aliphatic carbocycles. The van der Waals surface area contributed by atoms with E-state index in [-0.39, 0.29) is 21.5 Å². The maximum absolute atomic E-state index is 12.2. The average Bonchev–Trinajstić information content (AvgIpc) is 2.39. The fraction of sp³-hybridized carbons (Fsp3) is 0.462. The molecular weight excluding hydrogens is 337 g/mol. The van der Waals surface area contributed by atoms with E-state index in [0.29, 0.717) is 12.8 Å². The number of sulfonamides is 1. The van der Waals surface area contributed by atoms with Gasteiger partial charge in [0, 0.05) is 16.6 Å². The van der Waals surface area contributed by atoms with Crippen LogP contribution in [0.15, 0.2) is 23.1 Å². The van der Waals surface area contributed by atoms with Crippen LogP contribution in [0.1, 0.15) is 26.7 Å². The number of carbonyl (C=O) groups is 1. The monoisotopic (exact) mass is 353 g/mol. The third-order valence-electron chi connectivity index (χ3n) is 3.55. The summed E-state index contributed by atoms with van der Waals surface area (Å²) in [4.78, 5) is 11.3. The average molecular weight is 354 g/mol. The summed E-state index contributed by atoms with van der Waals surface area (Å²) in [5.74, 6) is -1.03. The summed E-state index contributed by atoms with van der Waals surface area (Å²) in [6.07, 6.45) is 0.634. The molecule has 8 heteroatoms. The predicted octanol–water partition coefficient (Wildman–Crippen LogP) is 3.16. The standard InChI is InChI=1S/C13H17Cl2NO4S/c1-3-13(4-2,12(17)18)8-16-21(19,20)11-6-9(14)5-10(15)7-11/h5-7,16H,3-4,8H2,1-2H3,(H,17,18). The van der Waals surface area contributed by atoms with Gasteiger partial charge in [0.1, 0.15) is 0 Å². The first kappa shape index (κ1) is 18.2. The van der Waals surface area contributed by atoms with Crippen LogP contribution in [-0.2, 0) is 14.8 Å². The molecule has 0 heterocycles. The summed E-state index contributed by atoms with van der Waals surface area (Å²) >= 11 is 11.6. The summed E-state index contributed by atoms with van der Waals surface area (Å²) in [7, 11) is -3.87. The Morgan fingerprint density at radius 3 is 2.05 bits per heavy atom. The number of rotatable bonds is 7. The second-order valence-electron chi connectivity index (χ2n) is 4.72. The molecular formula is C13H17Cl2NO4S. The zero-order valence-electron chi connectivity index (χ0n) is 11.7. The van der Waals surface area contributed by atoms with E-state index in [1.165, 1.54) is 18.2 Å². The van der Waals surface area contributed by atoms with Crippen molar-refractivity contribution in [2.75, 3.05) is 6.54 Å². The maximum atomic E-state index is 12.2. The van der Waals surface area contributed by atoms with Gasteiger partial charge in [0.15, 0.2) is 0 Å². The van der Waals surface area contributed by atoms with Crippen molar-refractivity contribution in [2.45, 2.75) is 31.6 Å². The summed E-state index contributed by atoms with van der Waals surface area (Å²) < 4.78 is 26.8. The number of halogens is 2. The van der Waals surface area contributed by atoms with Gasteiger partial charge in [-0.25, -0.2) is 13.1 Å². The Hall–Kier alpha value is -0.820. The third-order valence-corrected chi connectivity index (χ3v) is 5.37. The fourth-order valence-corrected chi connectivity index (χ4v) is 3.73. The van der Waals surface area contributed by atoms with Crippen LogP contribution in [0.4, 0.5) is 0 Å². The zero-order valence-corrected chi connectivity index (χ0v) is 14.0. The van der Waals surface area contributed by atoms with Gasteiger partial charge in [-0.1, -0.05) is 37.0 Å². The van der Waals surface area contributed by atoms with E-state index in [4.69, 9.17) is 23.2 Å². The van der Waals surface area contributed by atoms with Gasteiger partial charge in [0.25, 0.3) is 0 Å². The Bertz CT molecular complexity index is 607. The van der Waals surface area contributed by atoms with Gasteiger partial charge in [-0.15, -0.1) is 0 Å². The van der Waals surface area contributed by atoms with E-state index in [1.54, 1.807) is 13.8 Å². The van der Waals surface area contributed by atoms with Gasteiger partial charge in [-0.3, -0.25) is 4.79 Å². The van der Waals surface area contributed by atoms with Crippen molar-refractivity contribution in [2.24, 2.45) is 5.41 Å². The fourth-order valence-electron chi connectivity index (χ4n) is 1.88. The third kappa shape index (κ3) is 4.32. The molecule has 1 aromatic rings.